The quantitative estimate of drug-likeness (QED) is 0.413. The van der Waals surface area contributed by atoms with Crippen molar-refractivity contribution in [2.24, 2.45) is 0 Å². The highest BCUT2D eigenvalue weighted by Gasteiger charge is 2.21. The molecule has 0 aliphatic carbocycles. The predicted molar refractivity (Wildman–Crippen MR) is 57.2 cm³/mol. The highest BCUT2D eigenvalue weighted by atomic mass is 32.2. The molecule has 1 atom stereocenters. The maximum atomic E-state index is 10.6. The molecule has 9 heteroatoms. The summed E-state index contributed by atoms with van der Waals surface area (Å²) in [5.74, 6) is -2.78. The topological polar surface area (TPSA) is 129 Å². The SMILES string of the molecule is O=C(O)CC(SCCCS(=O)(=O)O)C(=O)O. The van der Waals surface area contributed by atoms with Gasteiger partial charge in [0, 0.05) is 0 Å². The Kier molecular flexibility index (Phi) is 6.38. The van der Waals surface area contributed by atoms with Gasteiger partial charge in [0.2, 0.25) is 0 Å². The molecule has 0 radical (unpaired) electrons. The minimum Gasteiger partial charge on any atom is -0.481 e. The van der Waals surface area contributed by atoms with Crippen molar-refractivity contribution in [2.45, 2.75) is 18.1 Å². The minimum atomic E-state index is -4.04. The fraction of sp³-hybridized carbons (Fsp3) is 0.714. The van der Waals surface area contributed by atoms with Crippen molar-refractivity contribution in [3.8, 4) is 0 Å². The second-order valence-corrected chi connectivity index (χ2v) is 5.82. The van der Waals surface area contributed by atoms with Gasteiger partial charge in [-0.3, -0.25) is 14.1 Å². The zero-order valence-corrected chi connectivity index (χ0v) is 9.83. The molecule has 0 fully saturated rings. The van der Waals surface area contributed by atoms with E-state index in [1.807, 2.05) is 0 Å². The van der Waals surface area contributed by atoms with E-state index < -0.39 is 39.5 Å². The molecule has 94 valence electrons. The lowest BCUT2D eigenvalue weighted by Crippen LogP contribution is -2.21. The smallest absolute Gasteiger partial charge is 0.317 e. The first-order valence-electron chi connectivity index (χ1n) is 4.23. The van der Waals surface area contributed by atoms with Crippen molar-refractivity contribution in [3.05, 3.63) is 0 Å². The zero-order chi connectivity index (χ0) is 12.8. The fourth-order valence-corrected chi connectivity index (χ4v) is 2.53. The number of aliphatic carboxylic acids is 2. The molecule has 16 heavy (non-hydrogen) atoms. The van der Waals surface area contributed by atoms with Gasteiger partial charge >= 0.3 is 11.9 Å². The van der Waals surface area contributed by atoms with Gasteiger partial charge in [0.1, 0.15) is 5.25 Å². The van der Waals surface area contributed by atoms with Gasteiger partial charge in [-0.2, -0.15) is 8.42 Å². The molecule has 0 heterocycles. The Balaban J connectivity index is 3.95. The van der Waals surface area contributed by atoms with Crippen LogP contribution in [-0.2, 0) is 19.7 Å². The number of hydrogen-bond acceptors (Lipinski definition) is 5. The van der Waals surface area contributed by atoms with Crippen LogP contribution in [0.5, 0.6) is 0 Å². The summed E-state index contributed by atoms with van der Waals surface area (Å²) in [6.45, 7) is 0. The molecule has 0 saturated heterocycles. The van der Waals surface area contributed by atoms with Gasteiger partial charge < -0.3 is 10.2 Å². The third kappa shape index (κ3) is 8.50. The molecule has 7 nitrogen and oxygen atoms in total. The number of carboxylic acids is 2. The monoisotopic (exact) mass is 272 g/mol. The number of thioether (sulfide) groups is 1. The molecule has 1 unspecified atom stereocenters. The normalized spacial score (nSPS) is 13.3. The van der Waals surface area contributed by atoms with E-state index in [9.17, 15) is 18.0 Å². The van der Waals surface area contributed by atoms with Crippen LogP contribution in [0.25, 0.3) is 0 Å². The number of carboxylic acid groups (broad SMARTS) is 2. The maximum Gasteiger partial charge on any atom is 0.317 e. The summed E-state index contributed by atoms with van der Waals surface area (Å²) in [6.07, 6.45) is -0.446. The van der Waals surface area contributed by atoms with Gasteiger partial charge in [-0.05, 0) is 12.2 Å². The van der Waals surface area contributed by atoms with Crippen LogP contribution in [0.3, 0.4) is 0 Å². The molecule has 0 amide bonds. The van der Waals surface area contributed by atoms with Crippen LogP contribution in [0.1, 0.15) is 12.8 Å². The molecule has 0 aliphatic rings. The Bertz CT molecular complexity index is 348. The second-order valence-electron chi connectivity index (χ2n) is 2.94. The van der Waals surface area contributed by atoms with Gasteiger partial charge in [-0.25, -0.2) is 0 Å². The standard InChI is InChI=1S/C7H12O7S2/c8-6(9)4-5(7(10)11)15-2-1-3-16(12,13)14/h5H,1-4H2,(H,8,9)(H,10,11)(H,12,13,14). The van der Waals surface area contributed by atoms with Gasteiger partial charge in [0.25, 0.3) is 10.1 Å². The first-order chi connectivity index (χ1) is 7.22. The number of carbonyl (C=O) groups is 2. The summed E-state index contributed by atoms with van der Waals surface area (Å²) in [7, 11) is -4.04. The summed E-state index contributed by atoms with van der Waals surface area (Å²) >= 11 is 0.843. The summed E-state index contributed by atoms with van der Waals surface area (Å²) in [5.41, 5.74) is 0. The third-order valence-corrected chi connectivity index (χ3v) is 3.60. The molecular weight excluding hydrogens is 260 g/mol. The van der Waals surface area contributed by atoms with E-state index in [0.29, 0.717) is 0 Å². The van der Waals surface area contributed by atoms with Gasteiger partial charge in [-0.1, -0.05) is 0 Å². The molecule has 0 bridgehead atoms. The highest BCUT2D eigenvalue weighted by Crippen LogP contribution is 2.16. The zero-order valence-electron chi connectivity index (χ0n) is 8.20. The van der Waals surface area contributed by atoms with Crippen molar-refractivity contribution in [1.29, 1.82) is 0 Å². The molecule has 0 aromatic carbocycles. The average molecular weight is 272 g/mol. The van der Waals surface area contributed by atoms with Gasteiger partial charge in [-0.15, -0.1) is 11.8 Å². The Hall–Kier alpha value is -0.800. The van der Waals surface area contributed by atoms with Crippen LogP contribution in [0.4, 0.5) is 0 Å². The van der Waals surface area contributed by atoms with Crippen LogP contribution in [0.15, 0.2) is 0 Å². The third-order valence-electron chi connectivity index (χ3n) is 1.50. The van der Waals surface area contributed by atoms with Crippen molar-refractivity contribution in [1.82, 2.24) is 0 Å². The fourth-order valence-electron chi connectivity index (χ4n) is 0.843. The van der Waals surface area contributed by atoms with Crippen molar-refractivity contribution in [2.75, 3.05) is 11.5 Å². The van der Waals surface area contributed by atoms with Crippen LogP contribution in [0.2, 0.25) is 0 Å². The van der Waals surface area contributed by atoms with Crippen LogP contribution in [0, 0.1) is 0 Å². The van der Waals surface area contributed by atoms with E-state index in [4.69, 9.17) is 14.8 Å². The Morgan fingerprint density at radius 1 is 1.25 bits per heavy atom. The molecule has 3 N–H and O–H groups in total. The molecule has 0 aliphatic heterocycles. The number of rotatable bonds is 8. The Morgan fingerprint density at radius 2 is 1.81 bits per heavy atom. The summed E-state index contributed by atoms with van der Waals surface area (Å²) in [4.78, 5) is 20.9. The molecule has 0 saturated carbocycles. The molecular formula is C7H12O7S2. The number of hydrogen-bond donors (Lipinski definition) is 3. The first-order valence-corrected chi connectivity index (χ1v) is 6.89. The largest absolute Gasteiger partial charge is 0.481 e. The lowest BCUT2D eigenvalue weighted by Gasteiger charge is -2.08. The average Bonchev–Trinajstić information content (AvgIpc) is 2.07. The summed E-state index contributed by atoms with van der Waals surface area (Å²) < 4.78 is 29.0. The molecule has 0 aromatic rings. The summed E-state index contributed by atoms with van der Waals surface area (Å²) in [5, 5.41) is 15.9. The van der Waals surface area contributed by atoms with E-state index >= 15 is 0 Å². The van der Waals surface area contributed by atoms with Gasteiger partial charge in [0.05, 0.1) is 12.2 Å². The maximum absolute atomic E-state index is 10.6. The molecule has 0 rings (SSSR count). The van der Waals surface area contributed by atoms with E-state index in [1.165, 1.54) is 0 Å². The lowest BCUT2D eigenvalue weighted by atomic mass is 10.3. The van der Waals surface area contributed by atoms with Crippen LogP contribution < -0.4 is 0 Å². The lowest BCUT2D eigenvalue weighted by molar-refractivity contribution is -0.142. The Labute approximate surface area is 96.6 Å². The van der Waals surface area contributed by atoms with E-state index in [2.05, 4.69) is 0 Å². The highest BCUT2D eigenvalue weighted by molar-refractivity contribution is 8.00. The van der Waals surface area contributed by atoms with E-state index in [0.717, 1.165) is 11.8 Å². The van der Waals surface area contributed by atoms with Crippen LogP contribution >= 0.6 is 11.8 Å². The van der Waals surface area contributed by atoms with E-state index in [-0.39, 0.29) is 12.2 Å². The van der Waals surface area contributed by atoms with Crippen molar-refractivity contribution < 1.29 is 32.8 Å². The van der Waals surface area contributed by atoms with Crippen molar-refractivity contribution in [3.63, 3.8) is 0 Å². The molecule has 0 spiro atoms. The predicted octanol–water partition coefficient (Wildman–Crippen LogP) is -0.0746. The van der Waals surface area contributed by atoms with Crippen LogP contribution in [-0.4, -0.2) is 51.9 Å². The molecule has 0 aromatic heterocycles. The first kappa shape index (κ1) is 15.2. The second kappa shape index (κ2) is 6.71. The van der Waals surface area contributed by atoms with E-state index in [1.54, 1.807) is 0 Å². The Morgan fingerprint density at radius 3 is 2.19 bits per heavy atom. The summed E-state index contributed by atoms with van der Waals surface area (Å²) in [6, 6.07) is 0. The van der Waals surface area contributed by atoms with Crippen molar-refractivity contribution >= 4 is 33.8 Å². The minimum absolute atomic E-state index is 0.0763. The van der Waals surface area contributed by atoms with Gasteiger partial charge in [0.15, 0.2) is 0 Å².